The number of ether oxygens (including phenoxy) is 1. The Kier molecular flexibility index (Phi) is 8.83. The molecule has 172 valence electrons. The Morgan fingerprint density at radius 1 is 1.09 bits per heavy atom. The summed E-state index contributed by atoms with van der Waals surface area (Å²) in [6.45, 7) is 3.77. The van der Waals surface area contributed by atoms with Crippen molar-refractivity contribution in [3.05, 3.63) is 63.6 Å². The normalized spacial score (nSPS) is 14.8. The van der Waals surface area contributed by atoms with Crippen molar-refractivity contribution in [3.8, 4) is 5.75 Å². The molecule has 0 unspecified atom stereocenters. The van der Waals surface area contributed by atoms with Crippen molar-refractivity contribution in [1.29, 1.82) is 0 Å². The molecular weight excluding hydrogens is 447 g/mol. The summed E-state index contributed by atoms with van der Waals surface area (Å²) in [7, 11) is 0. The molecule has 1 fully saturated rings. The van der Waals surface area contributed by atoms with Crippen LogP contribution in [-0.2, 0) is 16.1 Å². The van der Waals surface area contributed by atoms with E-state index in [-0.39, 0.29) is 31.0 Å². The fraction of sp³-hybridized carbons (Fsp3) is 0.440. The molecule has 2 amide bonds. The van der Waals surface area contributed by atoms with Crippen molar-refractivity contribution in [3.63, 3.8) is 0 Å². The molecule has 0 spiro atoms. The molecule has 2 aromatic carbocycles. The van der Waals surface area contributed by atoms with Crippen molar-refractivity contribution in [2.45, 2.75) is 64.6 Å². The lowest BCUT2D eigenvalue weighted by Crippen LogP contribution is -2.52. The van der Waals surface area contributed by atoms with E-state index >= 15 is 0 Å². The second kappa shape index (κ2) is 11.6. The number of carbonyl (C=O) groups is 2. The smallest absolute Gasteiger partial charge is 0.261 e. The zero-order valence-electron chi connectivity index (χ0n) is 18.6. The second-order valence-corrected chi connectivity index (χ2v) is 9.00. The molecule has 0 radical (unpaired) electrons. The highest BCUT2D eigenvalue weighted by Crippen LogP contribution is 2.27. The third kappa shape index (κ3) is 6.17. The number of aryl methyl sites for hydroxylation is 1. The van der Waals surface area contributed by atoms with E-state index in [1.807, 2.05) is 38.1 Å². The number of hydrogen-bond acceptors (Lipinski definition) is 3. The van der Waals surface area contributed by atoms with Crippen LogP contribution in [0.15, 0.2) is 42.5 Å². The average Bonchev–Trinajstić information content (AvgIpc) is 3.27. The number of amides is 2. The van der Waals surface area contributed by atoms with Crippen LogP contribution in [0.1, 0.15) is 50.2 Å². The summed E-state index contributed by atoms with van der Waals surface area (Å²) in [6.07, 6.45) is 4.65. The van der Waals surface area contributed by atoms with Crippen LogP contribution >= 0.6 is 23.2 Å². The van der Waals surface area contributed by atoms with Gasteiger partial charge in [-0.1, -0.05) is 67.2 Å². The Balaban J connectivity index is 1.82. The number of nitrogens with one attached hydrogen (secondary N) is 1. The van der Waals surface area contributed by atoms with Crippen molar-refractivity contribution >= 4 is 35.0 Å². The Hall–Kier alpha value is -2.24. The fourth-order valence-corrected chi connectivity index (χ4v) is 4.60. The molecule has 7 heteroatoms. The maximum atomic E-state index is 13.3. The quantitative estimate of drug-likeness (QED) is 0.516. The van der Waals surface area contributed by atoms with Crippen LogP contribution in [0.25, 0.3) is 0 Å². The number of benzene rings is 2. The van der Waals surface area contributed by atoms with Gasteiger partial charge in [-0.05, 0) is 49.9 Å². The highest BCUT2D eigenvalue weighted by Gasteiger charge is 2.31. The second-order valence-electron chi connectivity index (χ2n) is 8.19. The predicted octanol–water partition coefficient (Wildman–Crippen LogP) is 5.55. The summed E-state index contributed by atoms with van der Waals surface area (Å²) in [6, 6.07) is 12.3. The van der Waals surface area contributed by atoms with Gasteiger partial charge in [0.15, 0.2) is 6.61 Å². The van der Waals surface area contributed by atoms with Gasteiger partial charge in [0.25, 0.3) is 5.91 Å². The first-order valence-electron chi connectivity index (χ1n) is 11.1. The van der Waals surface area contributed by atoms with Gasteiger partial charge in [-0.3, -0.25) is 9.59 Å². The zero-order chi connectivity index (χ0) is 23.1. The summed E-state index contributed by atoms with van der Waals surface area (Å²) < 4.78 is 5.80. The van der Waals surface area contributed by atoms with Crippen molar-refractivity contribution in [1.82, 2.24) is 10.2 Å². The minimum Gasteiger partial charge on any atom is -0.484 e. The minimum absolute atomic E-state index is 0.130. The molecule has 0 aliphatic heterocycles. The van der Waals surface area contributed by atoms with Crippen LogP contribution < -0.4 is 10.1 Å². The monoisotopic (exact) mass is 476 g/mol. The summed E-state index contributed by atoms with van der Waals surface area (Å²) in [5.41, 5.74) is 1.55. The average molecular weight is 477 g/mol. The van der Waals surface area contributed by atoms with E-state index < -0.39 is 6.04 Å². The molecule has 0 aromatic heterocycles. The van der Waals surface area contributed by atoms with Gasteiger partial charge in [-0.15, -0.1) is 0 Å². The van der Waals surface area contributed by atoms with Crippen molar-refractivity contribution < 1.29 is 14.3 Å². The van der Waals surface area contributed by atoms with E-state index in [4.69, 9.17) is 27.9 Å². The SMILES string of the molecule is CC[C@@H](C(=O)NC1CCCC1)N(Cc1c(Cl)cccc1Cl)C(=O)COc1ccccc1C. The van der Waals surface area contributed by atoms with Crippen LogP contribution in [0.3, 0.4) is 0 Å². The molecule has 0 bridgehead atoms. The highest BCUT2D eigenvalue weighted by atomic mass is 35.5. The van der Waals surface area contributed by atoms with Crippen LogP contribution in [0.2, 0.25) is 10.0 Å². The van der Waals surface area contributed by atoms with Gasteiger partial charge in [0.05, 0.1) is 0 Å². The predicted molar refractivity (Wildman–Crippen MR) is 128 cm³/mol. The van der Waals surface area contributed by atoms with Gasteiger partial charge < -0.3 is 15.0 Å². The Bertz CT molecular complexity index is 924. The largest absolute Gasteiger partial charge is 0.484 e. The van der Waals surface area contributed by atoms with Gasteiger partial charge in [0.2, 0.25) is 5.91 Å². The molecule has 5 nitrogen and oxygen atoms in total. The molecule has 0 saturated heterocycles. The van der Waals surface area contributed by atoms with Crippen LogP contribution in [0.4, 0.5) is 0 Å². The molecule has 2 aromatic rings. The van der Waals surface area contributed by atoms with E-state index in [0.29, 0.717) is 27.8 Å². The lowest BCUT2D eigenvalue weighted by molar-refractivity contribution is -0.143. The number of halogens is 2. The van der Waals surface area contributed by atoms with E-state index in [2.05, 4.69) is 5.32 Å². The molecule has 1 saturated carbocycles. The molecule has 1 aliphatic carbocycles. The molecular formula is C25H30Cl2N2O3. The van der Waals surface area contributed by atoms with Gasteiger partial charge in [0, 0.05) is 28.2 Å². The molecule has 0 heterocycles. The molecule has 1 aliphatic rings. The van der Waals surface area contributed by atoms with E-state index in [0.717, 1.165) is 31.2 Å². The number of nitrogens with zero attached hydrogens (tertiary/aromatic N) is 1. The van der Waals surface area contributed by atoms with Crippen molar-refractivity contribution in [2.24, 2.45) is 0 Å². The summed E-state index contributed by atoms with van der Waals surface area (Å²) in [5.74, 6) is 0.199. The standard InChI is InChI=1S/C25H30Cl2N2O3/c1-3-22(25(31)28-18-10-5-6-11-18)29(15-19-20(26)12-8-13-21(19)27)24(30)16-32-23-14-7-4-9-17(23)2/h4,7-9,12-14,18,22H,3,5-6,10-11,15-16H2,1-2H3,(H,28,31)/t22-/m0/s1. The van der Waals surface area contributed by atoms with Gasteiger partial charge in [-0.25, -0.2) is 0 Å². The van der Waals surface area contributed by atoms with E-state index in [1.54, 1.807) is 18.2 Å². The van der Waals surface area contributed by atoms with E-state index in [1.165, 1.54) is 4.90 Å². The first-order valence-corrected chi connectivity index (χ1v) is 11.9. The summed E-state index contributed by atoms with van der Waals surface area (Å²) >= 11 is 12.8. The highest BCUT2D eigenvalue weighted by molar-refractivity contribution is 6.36. The van der Waals surface area contributed by atoms with Crippen LogP contribution in [-0.4, -0.2) is 35.4 Å². The van der Waals surface area contributed by atoms with Crippen LogP contribution in [0, 0.1) is 6.92 Å². The summed E-state index contributed by atoms with van der Waals surface area (Å²) in [5, 5.41) is 4.04. The zero-order valence-corrected chi connectivity index (χ0v) is 20.1. The maximum absolute atomic E-state index is 13.3. The Morgan fingerprint density at radius 3 is 2.38 bits per heavy atom. The first kappa shape index (κ1) is 24.4. The Labute approximate surface area is 200 Å². The topological polar surface area (TPSA) is 58.6 Å². The number of carbonyl (C=O) groups excluding carboxylic acids is 2. The van der Waals surface area contributed by atoms with Gasteiger partial charge in [0.1, 0.15) is 11.8 Å². The lowest BCUT2D eigenvalue weighted by Gasteiger charge is -2.32. The molecule has 32 heavy (non-hydrogen) atoms. The lowest BCUT2D eigenvalue weighted by atomic mass is 10.1. The number of hydrogen-bond donors (Lipinski definition) is 1. The third-order valence-electron chi connectivity index (χ3n) is 5.92. The maximum Gasteiger partial charge on any atom is 0.261 e. The van der Waals surface area contributed by atoms with Crippen molar-refractivity contribution in [2.75, 3.05) is 6.61 Å². The number of rotatable bonds is 9. The third-order valence-corrected chi connectivity index (χ3v) is 6.63. The number of para-hydroxylation sites is 1. The molecule has 1 atom stereocenters. The summed E-state index contributed by atoms with van der Waals surface area (Å²) in [4.78, 5) is 28.0. The van der Waals surface area contributed by atoms with E-state index in [9.17, 15) is 9.59 Å². The Morgan fingerprint density at radius 2 is 1.75 bits per heavy atom. The minimum atomic E-state index is -0.643. The first-order chi connectivity index (χ1) is 15.4. The fourth-order valence-electron chi connectivity index (χ4n) is 4.08. The molecule has 1 N–H and O–H groups in total. The molecule has 3 rings (SSSR count). The van der Waals surface area contributed by atoms with Gasteiger partial charge in [-0.2, -0.15) is 0 Å². The van der Waals surface area contributed by atoms with Gasteiger partial charge >= 0.3 is 0 Å². The van der Waals surface area contributed by atoms with Crippen LogP contribution in [0.5, 0.6) is 5.75 Å².